The van der Waals surface area contributed by atoms with Gasteiger partial charge in [0.25, 0.3) is 5.78 Å². The van der Waals surface area contributed by atoms with Gasteiger partial charge >= 0.3 is 5.91 Å². The third kappa shape index (κ3) is 5.00. The van der Waals surface area contributed by atoms with Crippen LogP contribution in [-0.2, 0) is 15.0 Å². The SMILES string of the molecule is CCCCOc1cccc(C(O)=C2C(=O)C(=O)N(c3nccs3)C2c2ccc(C(C)(C)C)cc2)c1. The normalized spacial score (nSPS) is 17.7. The second kappa shape index (κ2) is 10.0. The van der Waals surface area contributed by atoms with Gasteiger partial charge in [0.1, 0.15) is 11.5 Å². The number of aliphatic hydroxyl groups excluding tert-OH is 1. The quantitative estimate of drug-likeness (QED) is 0.183. The van der Waals surface area contributed by atoms with Gasteiger partial charge in [0.15, 0.2) is 5.13 Å². The number of carbonyl (C=O) groups excluding carboxylic acids is 2. The fourth-order valence-electron chi connectivity index (χ4n) is 4.07. The smallest absolute Gasteiger partial charge is 0.301 e. The maximum atomic E-state index is 13.3. The zero-order chi connectivity index (χ0) is 25.2. The number of anilines is 1. The second-order valence-electron chi connectivity index (χ2n) is 9.59. The van der Waals surface area contributed by atoms with E-state index in [0.717, 1.165) is 24.0 Å². The first-order chi connectivity index (χ1) is 16.7. The summed E-state index contributed by atoms with van der Waals surface area (Å²) >= 11 is 1.27. The van der Waals surface area contributed by atoms with Crippen LogP contribution in [0.3, 0.4) is 0 Å². The number of hydrogen-bond acceptors (Lipinski definition) is 6. The number of amides is 1. The molecule has 1 amide bonds. The Labute approximate surface area is 209 Å². The molecule has 0 bridgehead atoms. The number of benzene rings is 2. The van der Waals surface area contributed by atoms with Gasteiger partial charge in [-0.05, 0) is 35.1 Å². The van der Waals surface area contributed by atoms with Crippen LogP contribution >= 0.6 is 11.3 Å². The van der Waals surface area contributed by atoms with Gasteiger partial charge in [-0.2, -0.15) is 0 Å². The molecule has 0 saturated carbocycles. The van der Waals surface area contributed by atoms with Gasteiger partial charge in [-0.1, -0.05) is 70.5 Å². The number of ether oxygens (including phenoxy) is 1. The van der Waals surface area contributed by atoms with Crippen LogP contribution in [0.5, 0.6) is 5.75 Å². The monoisotopic (exact) mass is 490 g/mol. The summed E-state index contributed by atoms with van der Waals surface area (Å²) in [6.45, 7) is 9.02. The van der Waals surface area contributed by atoms with Gasteiger partial charge in [-0.3, -0.25) is 14.5 Å². The van der Waals surface area contributed by atoms with Crippen molar-refractivity contribution in [3.05, 3.63) is 82.4 Å². The fourth-order valence-corrected chi connectivity index (χ4v) is 4.74. The molecule has 0 radical (unpaired) electrons. The molecule has 3 aromatic rings. The standard InChI is InChI=1S/C28H30N2O4S/c1-5-6-15-34-21-9-7-8-19(17-21)24(31)22-23(18-10-12-20(13-11-18)28(2,3)4)30(26(33)25(22)32)27-29-14-16-35-27/h7-14,16-17,23,31H,5-6,15H2,1-4H3. The summed E-state index contributed by atoms with van der Waals surface area (Å²) in [5.41, 5.74) is 2.27. The van der Waals surface area contributed by atoms with E-state index in [1.807, 2.05) is 30.3 Å². The Morgan fingerprint density at radius 2 is 1.89 bits per heavy atom. The van der Waals surface area contributed by atoms with E-state index >= 15 is 0 Å². The second-order valence-corrected chi connectivity index (χ2v) is 10.5. The molecule has 2 aromatic carbocycles. The van der Waals surface area contributed by atoms with Crippen molar-refractivity contribution in [3.8, 4) is 5.75 Å². The van der Waals surface area contributed by atoms with Gasteiger partial charge < -0.3 is 9.84 Å². The van der Waals surface area contributed by atoms with Gasteiger partial charge in [-0.15, -0.1) is 11.3 Å². The van der Waals surface area contributed by atoms with Gasteiger partial charge in [0.05, 0.1) is 18.2 Å². The topological polar surface area (TPSA) is 79.7 Å². The lowest BCUT2D eigenvalue weighted by atomic mass is 9.85. The van der Waals surface area contributed by atoms with E-state index in [1.54, 1.807) is 29.8 Å². The Morgan fingerprint density at radius 3 is 2.51 bits per heavy atom. The first-order valence-corrected chi connectivity index (χ1v) is 12.6. The molecule has 6 nitrogen and oxygen atoms in total. The third-order valence-electron chi connectivity index (χ3n) is 6.04. The molecule has 4 rings (SSSR count). The lowest BCUT2D eigenvalue weighted by molar-refractivity contribution is -0.132. The molecule has 0 aliphatic carbocycles. The predicted molar refractivity (Wildman–Crippen MR) is 139 cm³/mol. The molecular formula is C28H30N2O4S. The Morgan fingerprint density at radius 1 is 1.14 bits per heavy atom. The van der Waals surface area contributed by atoms with Gasteiger partial charge in [0.2, 0.25) is 0 Å². The van der Waals surface area contributed by atoms with Crippen LogP contribution in [-0.4, -0.2) is 28.4 Å². The van der Waals surface area contributed by atoms with Crippen LogP contribution in [0.25, 0.3) is 5.76 Å². The van der Waals surface area contributed by atoms with E-state index in [0.29, 0.717) is 23.1 Å². The van der Waals surface area contributed by atoms with Crippen molar-refractivity contribution in [2.75, 3.05) is 11.5 Å². The number of thiazole rings is 1. The Bertz CT molecular complexity index is 1240. The summed E-state index contributed by atoms with van der Waals surface area (Å²) in [6.07, 6.45) is 3.52. The molecule has 1 atom stereocenters. The molecule has 182 valence electrons. The van der Waals surface area contributed by atoms with E-state index in [9.17, 15) is 14.7 Å². The molecule has 7 heteroatoms. The summed E-state index contributed by atoms with van der Waals surface area (Å²) in [7, 11) is 0. The van der Waals surface area contributed by atoms with Crippen LogP contribution in [0.2, 0.25) is 0 Å². The molecule has 1 aliphatic rings. The van der Waals surface area contributed by atoms with Crippen LogP contribution in [0.1, 0.15) is 63.3 Å². The average molecular weight is 491 g/mol. The highest BCUT2D eigenvalue weighted by atomic mass is 32.1. The van der Waals surface area contributed by atoms with Gasteiger partial charge in [0, 0.05) is 17.1 Å². The zero-order valence-electron chi connectivity index (χ0n) is 20.4. The highest BCUT2D eigenvalue weighted by molar-refractivity contribution is 7.14. The number of nitrogens with zero attached hydrogens (tertiary/aromatic N) is 2. The largest absolute Gasteiger partial charge is 0.507 e. The molecule has 1 aromatic heterocycles. The number of ketones is 1. The lowest BCUT2D eigenvalue weighted by Gasteiger charge is -2.24. The van der Waals surface area contributed by atoms with Crippen molar-refractivity contribution in [3.63, 3.8) is 0 Å². The fraction of sp³-hybridized carbons (Fsp3) is 0.321. The summed E-state index contributed by atoms with van der Waals surface area (Å²) < 4.78 is 5.78. The molecule has 1 aliphatic heterocycles. The Balaban J connectivity index is 1.82. The predicted octanol–water partition coefficient (Wildman–Crippen LogP) is 6.25. The highest BCUT2D eigenvalue weighted by Gasteiger charge is 2.48. The van der Waals surface area contributed by atoms with Crippen molar-refractivity contribution < 1.29 is 19.4 Å². The van der Waals surface area contributed by atoms with Gasteiger partial charge in [-0.25, -0.2) is 4.98 Å². The number of hydrogen-bond donors (Lipinski definition) is 1. The maximum absolute atomic E-state index is 13.3. The van der Waals surface area contributed by atoms with Crippen molar-refractivity contribution in [2.24, 2.45) is 0 Å². The summed E-state index contributed by atoms with van der Waals surface area (Å²) in [5, 5.41) is 13.5. The Kier molecular flexibility index (Phi) is 7.08. The number of aromatic nitrogens is 1. The summed E-state index contributed by atoms with van der Waals surface area (Å²) in [5.74, 6) is -1.07. The number of Topliss-reactive ketones (excluding diaryl/α,β-unsaturated/α-hetero) is 1. The van der Waals surface area contributed by atoms with Crippen LogP contribution in [0, 0.1) is 0 Å². The van der Waals surface area contributed by atoms with E-state index in [1.165, 1.54) is 16.2 Å². The Hall–Kier alpha value is -3.45. The molecule has 35 heavy (non-hydrogen) atoms. The molecule has 1 fully saturated rings. The van der Waals surface area contributed by atoms with Crippen LogP contribution in [0.15, 0.2) is 65.7 Å². The van der Waals surface area contributed by atoms with E-state index in [2.05, 4.69) is 32.7 Å². The van der Waals surface area contributed by atoms with E-state index in [-0.39, 0.29) is 16.7 Å². The molecular weight excluding hydrogens is 460 g/mol. The average Bonchev–Trinajstić information content (AvgIpc) is 3.45. The molecule has 1 saturated heterocycles. The minimum Gasteiger partial charge on any atom is -0.507 e. The first kappa shape index (κ1) is 24.7. The summed E-state index contributed by atoms with van der Waals surface area (Å²) in [4.78, 5) is 32.1. The van der Waals surface area contributed by atoms with Crippen LogP contribution in [0.4, 0.5) is 5.13 Å². The highest BCUT2D eigenvalue weighted by Crippen LogP contribution is 2.43. The van der Waals surface area contributed by atoms with Crippen LogP contribution < -0.4 is 9.64 Å². The molecule has 1 unspecified atom stereocenters. The minimum atomic E-state index is -0.792. The minimum absolute atomic E-state index is 0.0411. The zero-order valence-corrected chi connectivity index (χ0v) is 21.3. The van der Waals surface area contributed by atoms with Crippen molar-refractivity contribution in [2.45, 2.75) is 52.0 Å². The molecule has 1 N–H and O–H groups in total. The van der Waals surface area contributed by atoms with Crippen molar-refractivity contribution >= 4 is 33.9 Å². The first-order valence-electron chi connectivity index (χ1n) is 11.8. The van der Waals surface area contributed by atoms with E-state index in [4.69, 9.17) is 4.74 Å². The molecule has 0 spiro atoms. The number of unbranched alkanes of at least 4 members (excludes halogenated alkanes) is 1. The number of aliphatic hydroxyl groups is 1. The number of rotatable bonds is 7. The van der Waals surface area contributed by atoms with E-state index < -0.39 is 17.7 Å². The maximum Gasteiger partial charge on any atom is 0.301 e. The van der Waals surface area contributed by atoms with Crippen molar-refractivity contribution in [1.82, 2.24) is 4.98 Å². The number of carbonyl (C=O) groups is 2. The summed E-state index contributed by atoms with van der Waals surface area (Å²) in [6, 6.07) is 14.0. The third-order valence-corrected chi connectivity index (χ3v) is 6.81. The van der Waals surface area contributed by atoms with Crippen molar-refractivity contribution in [1.29, 1.82) is 0 Å². The lowest BCUT2D eigenvalue weighted by Crippen LogP contribution is -2.29. The molecule has 2 heterocycles.